The van der Waals surface area contributed by atoms with E-state index in [0.29, 0.717) is 29.9 Å². The second-order valence-corrected chi connectivity index (χ2v) is 8.37. The number of nitrogens with one attached hydrogen (secondary N) is 2. The molecule has 0 saturated heterocycles. The largest absolute Gasteiger partial charge is 0.394 e. The summed E-state index contributed by atoms with van der Waals surface area (Å²) in [6.07, 6.45) is 1.30. The second kappa shape index (κ2) is 8.20. The van der Waals surface area contributed by atoms with Crippen LogP contribution in [0, 0.1) is 12.7 Å². The number of amides is 2. The van der Waals surface area contributed by atoms with Crippen LogP contribution in [0.25, 0.3) is 0 Å². The van der Waals surface area contributed by atoms with Gasteiger partial charge in [-0.25, -0.2) is 4.39 Å². The molecule has 7 nitrogen and oxygen atoms in total. The summed E-state index contributed by atoms with van der Waals surface area (Å²) in [5, 5.41) is 14.4. The van der Waals surface area contributed by atoms with Gasteiger partial charge in [0.1, 0.15) is 11.5 Å². The van der Waals surface area contributed by atoms with E-state index in [1.54, 1.807) is 25.3 Å². The molecule has 1 aliphatic heterocycles. The molecule has 2 amide bonds. The van der Waals surface area contributed by atoms with E-state index in [4.69, 9.17) is 11.6 Å². The summed E-state index contributed by atoms with van der Waals surface area (Å²) in [6.45, 7) is 5.03. The number of hydrogen-bond acceptors (Lipinski definition) is 4. The molecule has 160 valence electrons. The van der Waals surface area contributed by atoms with Crippen molar-refractivity contribution in [2.45, 2.75) is 45.7 Å². The summed E-state index contributed by atoms with van der Waals surface area (Å²) in [7, 11) is 0. The highest BCUT2D eigenvalue weighted by atomic mass is 35.5. The molecule has 0 radical (unpaired) electrons. The van der Waals surface area contributed by atoms with Gasteiger partial charge in [-0.1, -0.05) is 11.6 Å². The van der Waals surface area contributed by atoms with Crippen molar-refractivity contribution in [3.8, 4) is 0 Å². The molecule has 1 aromatic carbocycles. The molecule has 3 N–H and O–H groups in total. The van der Waals surface area contributed by atoms with E-state index in [-0.39, 0.29) is 22.9 Å². The van der Waals surface area contributed by atoms with E-state index in [1.807, 2.05) is 0 Å². The van der Waals surface area contributed by atoms with Gasteiger partial charge in [-0.15, -0.1) is 0 Å². The average Bonchev–Trinajstić information content (AvgIpc) is 3.23. The van der Waals surface area contributed by atoms with Gasteiger partial charge in [-0.3, -0.25) is 14.4 Å². The lowest BCUT2D eigenvalue weighted by molar-refractivity contribution is -0.119. The number of benzene rings is 1. The highest BCUT2D eigenvalue weighted by Gasteiger charge is 2.34. The molecule has 0 atom stereocenters. The molecule has 0 fully saturated rings. The zero-order valence-electron chi connectivity index (χ0n) is 16.9. The number of aliphatic hydroxyl groups is 1. The van der Waals surface area contributed by atoms with Crippen LogP contribution < -0.4 is 10.6 Å². The molecule has 9 heteroatoms. The number of ketones is 1. The molecule has 3 rings (SSSR count). The van der Waals surface area contributed by atoms with E-state index >= 15 is 0 Å². The molecule has 2 aromatic rings. The van der Waals surface area contributed by atoms with E-state index in [1.165, 1.54) is 12.1 Å². The Morgan fingerprint density at radius 1 is 1.30 bits per heavy atom. The predicted molar refractivity (Wildman–Crippen MR) is 110 cm³/mol. The van der Waals surface area contributed by atoms with Crippen molar-refractivity contribution in [3.63, 3.8) is 0 Å². The number of aromatic nitrogens is 1. The summed E-state index contributed by atoms with van der Waals surface area (Å²) in [4.78, 5) is 38.3. The first-order valence-corrected chi connectivity index (χ1v) is 9.89. The average molecular weight is 436 g/mol. The predicted octanol–water partition coefficient (Wildman–Crippen LogP) is 2.86. The first kappa shape index (κ1) is 22.0. The molecule has 2 heterocycles. The van der Waals surface area contributed by atoms with Gasteiger partial charge in [0.15, 0.2) is 0 Å². The molecule has 0 unspecified atom stereocenters. The Morgan fingerprint density at radius 2 is 2.00 bits per heavy atom. The van der Waals surface area contributed by atoms with Gasteiger partial charge in [-0.2, -0.15) is 0 Å². The monoisotopic (exact) mass is 435 g/mol. The number of fused-ring (bicyclic) bond motifs is 1. The molecule has 0 saturated carbocycles. The Labute approximate surface area is 178 Å². The smallest absolute Gasteiger partial charge is 0.292 e. The number of hydrogen-bond donors (Lipinski definition) is 3. The number of aliphatic hydroxyl groups excluding tert-OH is 1. The first-order valence-electron chi connectivity index (χ1n) is 9.52. The number of nitrogens with zero attached hydrogens (tertiary/aromatic N) is 1. The van der Waals surface area contributed by atoms with Crippen molar-refractivity contribution in [1.82, 2.24) is 9.88 Å². The normalized spacial score (nSPS) is 13.1. The van der Waals surface area contributed by atoms with Crippen LogP contribution in [0.5, 0.6) is 0 Å². The molecular weight excluding hydrogens is 413 g/mol. The maximum absolute atomic E-state index is 13.4. The Hall–Kier alpha value is -2.71. The fourth-order valence-corrected chi connectivity index (χ4v) is 3.77. The van der Waals surface area contributed by atoms with Crippen LogP contribution in [0.4, 0.5) is 10.1 Å². The van der Waals surface area contributed by atoms with Gasteiger partial charge in [0.05, 0.1) is 22.7 Å². The summed E-state index contributed by atoms with van der Waals surface area (Å²) in [6, 6.07) is 3.84. The summed E-state index contributed by atoms with van der Waals surface area (Å²) < 4.78 is 15.1. The van der Waals surface area contributed by atoms with Crippen LogP contribution in [0.15, 0.2) is 18.2 Å². The van der Waals surface area contributed by atoms with Gasteiger partial charge >= 0.3 is 0 Å². The standard InChI is InChI=1S/C21H23ClFN3O4/c1-11-16(18(28)20(30)25-21(2,3)10-27)15-5-4-8-26(15)17(11)19(29)24-12-6-7-14(23)13(22)9-12/h6-7,9,27H,4-5,8,10H2,1-3H3,(H,24,29)(H,25,30). The van der Waals surface area contributed by atoms with Crippen molar-refractivity contribution in [2.24, 2.45) is 0 Å². The lowest BCUT2D eigenvalue weighted by Crippen LogP contribution is -2.49. The number of Topliss-reactive ketones (excluding diaryl/α,β-unsaturated/α-hetero) is 1. The minimum atomic E-state index is -0.953. The van der Waals surface area contributed by atoms with Gasteiger partial charge < -0.3 is 20.3 Å². The highest BCUT2D eigenvalue weighted by Crippen LogP contribution is 2.30. The van der Waals surface area contributed by atoms with Gasteiger partial charge in [0.2, 0.25) is 0 Å². The molecule has 0 bridgehead atoms. The number of carbonyl (C=O) groups is 3. The van der Waals surface area contributed by atoms with Crippen LogP contribution in [-0.2, 0) is 17.8 Å². The molecule has 0 spiro atoms. The molecule has 30 heavy (non-hydrogen) atoms. The van der Waals surface area contributed by atoms with Gasteiger partial charge in [0.25, 0.3) is 17.6 Å². The quantitative estimate of drug-likeness (QED) is 0.479. The SMILES string of the molecule is Cc1c(C(=O)C(=O)NC(C)(C)CO)c2n(c1C(=O)Nc1ccc(F)c(Cl)c1)CCC2. The van der Waals surface area contributed by atoms with Crippen LogP contribution in [0.2, 0.25) is 5.02 Å². The summed E-state index contributed by atoms with van der Waals surface area (Å²) >= 11 is 5.78. The number of halogens is 2. The van der Waals surface area contributed by atoms with Gasteiger partial charge in [-0.05, 0) is 57.4 Å². The molecule has 1 aliphatic rings. The fraction of sp³-hybridized carbons (Fsp3) is 0.381. The third-order valence-corrected chi connectivity index (χ3v) is 5.37. The maximum atomic E-state index is 13.4. The minimum Gasteiger partial charge on any atom is -0.394 e. The van der Waals surface area contributed by atoms with E-state index in [2.05, 4.69) is 10.6 Å². The Morgan fingerprint density at radius 3 is 2.63 bits per heavy atom. The topological polar surface area (TPSA) is 100 Å². The van der Waals surface area contributed by atoms with Crippen molar-refractivity contribution in [2.75, 3.05) is 11.9 Å². The van der Waals surface area contributed by atoms with E-state index in [9.17, 15) is 23.9 Å². The number of carbonyl (C=O) groups excluding carboxylic acids is 3. The summed E-state index contributed by atoms with van der Waals surface area (Å²) in [5.74, 6) is -2.66. The van der Waals surface area contributed by atoms with Crippen molar-refractivity contribution < 1.29 is 23.9 Å². The maximum Gasteiger partial charge on any atom is 0.292 e. The van der Waals surface area contributed by atoms with Crippen molar-refractivity contribution in [1.29, 1.82) is 0 Å². The Balaban J connectivity index is 1.94. The zero-order chi connectivity index (χ0) is 22.2. The van der Waals surface area contributed by atoms with Crippen molar-refractivity contribution in [3.05, 3.63) is 51.6 Å². The van der Waals surface area contributed by atoms with E-state index < -0.39 is 29.0 Å². The van der Waals surface area contributed by atoms with Crippen molar-refractivity contribution >= 4 is 34.9 Å². The van der Waals surface area contributed by atoms with Crippen LogP contribution in [0.1, 0.15) is 52.4 Å². The number of anilines is 1. The molecule has 1 aromatic heterocycles. The molecular formula is C21H23ClFN3O4. The Kier molecular flexibility index (Phi) is 6.01. The number of rotatable bonds is 6. The third-order valence-electron chi connectivity index (χ3n) is 5.08. The minimum absolute atomic E-state index is 0.121. The first-order chi connectivity index (χ1) is 14.1. The van der Waals surface area contributed by atoms with Crippen LogP contribution >= 0.6 is 11.6 Å². The fourth-order valence-electron chi connectivity index (χ4n) is 3.59. The lowest BCUT2D eigenvalue weighted by atomic mass is 10.0. The molecule has 0 aliphatic carbocycles. The lowest BCUT2D eigenvalue weighted by Gasteiger charge is -2.22. The Bertz CT molecular complexity index is 1050. The van der Waals surface area contributed by atoms with Gasteiger partial charge in [0, 0.05) is 17.9 Å². The highest BCUT2D eigenvalue weighted by molar-refractivity contribution is 6.43. The van der Waals surface area contributed by atoms with Crippen LogP contribution in [-0.4, -0.2) is 39.4 Å². The third kappa shape index (κ3) is 4.11. The zero-order valence-corrected chi connectivity index (χ0v) is 17.7. The summed E-state index contributed by atoms with van der Waals surface area (Å²) in [5.41, 5.74) is 0.885. The second-order valence-electron chi connectivity index (χ2n) is 7.96. The van der Waals surface area contributed by atoms with Crippen LogP contribution in [0.3, 0.4) is 0 Å². The van der Waals surface area contributed by atoms with E-state index in [0.717, 1.165) is 12.5 Å².